The zero-order valence-corrected chi connectivity index (χ0v) is 10.6. The van der Waals surface area contributed by atoms with Crippen molar-refractivity contribution in [1.29, 1.82) is 0 Å². The average molecular weight is 249 g/mol. The standard InChI is InChI=1S/C12H19N5O/c1-8-4-7-18-9-10(14-8)15-12(13)16-11(9)17-5-2-3-6-17/h8H,2-7H2,1H3,(H3,13,14,15,16)/t8-/m1/s1. The molecule has 3 N–H and O–H groups in total. The number of nitrogens with zero attached hydrogens (tertiary/aromatic N) is 3. The second-order valence-electron chi connectivity index (χ2n) is 4.96. The van der Waals surface area contributed by atoms with Gasteiger partial charge in [0.2, 0.25) is 11.7 Å². The van der Waals surface area contributed by atoms with Gasteiger partial charge in [-0.2, -0.15) is 9.97 Å². The van der Waals surface area contributed by atoms with Crippen LogP contribution >= 0.6 is 0 Å². The molecule has 1 aromatic rings. The molecule has 0 saturated carbocycles. The van der Waals surface area contributed by atoms with Crippen LogP contribution < -0.4 is 20.7 Å². The Kier molecular flexibility index (Phi) is 2.85. The number of fused-ring (bicyclic) bond motifs is 1. The van der Waals surface area contributed by atoms with Crippen LogP contribution in [0.4, 0.5) is 17.6 Å². The van der Waals surface area contributed by atoms with Gasteiger partial charge in [-0.25, -0.2) is 0 Å². The Hall–Kier alpha value is -1.72. The predicted molar refractivity (Wildman–Crippen MR) is 71.1 cm³/mol. The Labute approximate surface area is 107 Å². The molecule has 0 bridgehead atoms. The predicted octanol–water partition coefficient (Wildman–Crippen LogP) is 1.24. The fourth-order valence-electron chi connectivity index (χ4n) is 2.47. The third-order valence-corrected chi connectivity index (χ3v) is 3.45. The van der Waals surface area contributed by atoms with Crippen LogP contribution in [0.25, 0.3) is 0 Å². The van der Waals surface area contributed by atoms with Crippen molar-refractivity contribution in [3.63, 3.8) is 0 Å². The Morgan fingerprint density at radius 3 is 2.89 bits per heavy atom. The summed E-state index contributed by atoms with van der Waals surface area (Å²) in [4.78, 5) is 10.9. The minimum atomic E-state index is 0.306. The number of hydrogen-bond acceptors (Lipinski definition) is 6. The maximum Gasteiger partial charge on any atom is 0.224 e. The van der Waals surface area contributed by atoms with Gasteiger partial charge in [0.05, 0.1) is 6.61 Å². The molecule has 6 nitrogen and oxygen atoms in total. The zero-order chi connectivity index (χ0) is 12.5. The molecule has 1 atom stereocenters. The van der Waals surface area contributed by atoms with Gasteiger partial charge in [-0.1, -0.05) is 0 Å². The second-order valence-corrected chi connectivity index (χ2v) is 4.96. The molecular formula is C12H19N5O. The monoisotopic (exact) mass is 249 g/mol. The fraction of sp³-hybridized carbons (Fsp3) is 0.667. The molecule has 2 aliphatic rings. The van der Waals surface area contributed by atoms with E-state index in [9.17, 15) is 0 Å². The first-order valence-electron chi connectivity index (χ1n) is 6.56. The summed E-state index contributed by atoms with van der Waals surface area (Å²) in [6.45, 7) is 4.84. The van der Waals surface area contributed by atoms with Crippen molar-refractivity contribution in [1.82, 2.24) is 9.97 Å². The summed E-state index contributed by atoms with van der Waals surface area (Å²) in [5.41, 5.74) is 5.80. The Morgan fingerprint density at radius 1 is 1.33 bits per heavy atom. The summed E-state index contributed by atoms with van der Waals surface area (Å²) in [6, 6.07) is 0.340. The Balaban J connectivity index is 2.02. The van der Waals surface area contributed by atoms with Crippen molar-refractivity contribution < 1.29 is 4.74 Å². The molecule has 1 saturated heterocycles. The summed E-state index contributed by atoms with van der Waals surface area (Å²) in [7, 11) is 0. The number of hydrogen-bond donors (Lipinski definition) is 2. The third-order valence-electron chi connectivity index (χ3n) is 3.45. The summed E-state index contributed by atoms with van der Waals surface area (Å²) in [5.74, 6) is 2.64. The Bertz CT molecular complexity index is 444. The molecule has 0 aromatic carbocycles. The molecule has 3 rings (SSSR count). The first-order chi connectivity index (χ1) is 8.74. The number of ether oxygens (including phenoxy) is 1. The van der Waals surface area contributed by atoms with Crippen LogP contribution in [-0.2, 0) is 0 Å². The van der Waals surface area contributed by atoms with Crippen molar-refractivity contribution in [3.8, 4) is 5.75 Å². The van der Waals surface area contributed by atoms with Crippen molar-refractivity contribution in [2.24, 2.45) is 0 Å². The maximum absolute atomic E-state index is 5.83. The molecule has 3 heterocycles. The lowest BCUT2D eigenvalue weighted by atomic mass is 10.2. The molecular weight excluding hydrogens is 230 g/mol. The highest BCUT2D eigenvalue weighted by atomic mass is 16.5. The Morgan fingerprint density at radius 2 is 2.11 bits per heavy atom. The average Bonchev–Trinajstić information content (AvgIpc) is 2.78. The number of anilines is 3. The number of aromatic nitrogens is 2. The van der Waals surface area contributed by atoms with Crippen LogP contribution in [-0.4, -0.2) is 35.7 Å². The fourth-order valence-corrected chi connectivity index (χ4v) is 2.47. The highest BCUT2D eigenvalue weighted by Crippen LogP contribution is 2.37. The molecule has 1 aromatic heterocycles. The van der Waals surface area contributed by atoms with Crippen molar-refractivity contribution in [2.75, 3.05) is 35.6 Å². The number of nitrogens with two attached hydrogens (primary N) is 1. The first kappa shape index (κ1) is 11.4. The van der Waals surface area contributed by atoms with Gasteiger partial charge < -0.3 is 20.7 Å². The minimum Gasteiger partial charge on any atom is -0.486 e. The lowest BCUT2D eigenvalue weighted by Gasteiger charge is -2.21. The highest BCUT2D eigenvalue weighted by Gasteiger charge is 2.25. The molecule has 0 amide bonds. The summed E-state index contributed by atoms with van der Waals surface area (Å²) in [6.07, 6.45) is 3.35. The topological polar surface area (TPSA) is 76.3 Å². The van der Waals surface area contributed by atoms with Gasteiger partial charge >= 0.3 is 0 Å². The van der Waals surface area contributed by atoms with Gasteiger partial charge in [0.15, 0.2) is 11.6 Å². The van der Waals surface area contributed by atoms with Gasteiger partial charge in [0, 0.05) is 25.6 Å². The first-order valence-corrected chi connectivity index (χ1v) is 6.56. The summed E-state index contributed by atoms with van der Waals surface area (Å²) >= 11 is 0. The van der Waals surface area contributed by atoms with E-state index in [1.54, 1.807) is 0 Å². The van der Waals surface area contributed by atoms with Gasteiger partial charge in [-0.05, 0) is 19.8 Å². The van der Waals surface area contributed by atoms with Gasteiger partial charge in [-0.15, -0.1) is 0 Å². The summed E-state index contributed by atoms with van der Waals surface area (Å²) < 4.78 is 5.83. The molecule has 18 heavy (non-hydrogen) atoms. The van der Waals surface area contributed by atoms with Crippen LogP contribution in [0.2, 0.25) is 0 Å². The number of rotatable bonds is 1. The van der Waals surface area contributed by atoms with Gasteiger partial charge in [0.1, 0.15) is 0 Å². The smallest absolute Gasteiger partial charge is 0.224 e. The lowest BCUT2D eigenvalue weighted by molar-refractivity contribution is 0.313. The molecule has 0 radical (unpaired) electrons. The minimum absolute atomic E-state index is 0.306. The molecule has 0 spiro atoms. The van der Waals surface area contributed by atoms with E-state index < -0.39 is 0 Å². The number of nitrogen functional groups attached to an aromatic ring is 1. The normalized spacial score (nSPS) is 22.9. The summed E-state index contributed by atoms with van der Waals surface area (Å²) in [5, 5.41) is 3.34. The van der Waals surface area contributed by atoms with E-state index in [0.29, 0.717) is 18.6 Å². The van der Waals surface area contributed by atoms with Crippen LogP contribution in [0.1, 0.15) is 26.2 Å². The molecule has 0 aliphatic carbocycles. The second kappa shape index (κ2) is 4.51. The molecule has 2 aliphatic heterocycles. The molecule has 1 fully saturated rings. The van der Waals surface area contributed by atoms with Crippen molar-refractivity contribution >= 4 is 17.6 Å². The largest absolute Gasteiger partial charge is 0.486 e. The molecule has 6 heteroatoms. The lowest BCUT2D eigenvalue weighted by Crippen LogP contribution is -2.21. The molecule has 98 valence electrons. The van der Waals surface area contributed by atoms with Crippen LogP contribution in [0.5, 0.6) is 5.75 Å². The van der Waals surface area contributed by atoms with Crippen LogP contribution in [0.3, 0.4) is 0 Å². The van der Waals surface area contributed by atoms with E-state index >= 15 is 0 Å². The van der Waals surface area contributed by atoms with Gasteiger partial charge in [-0.3, -0.25) is 0 Å². The maximum atomic E-state index is 5.83. The SMILES string of the molecule is C[C@@H]1CCOc2c(nc(N)nc2N2CCCC2)N1. The van der Waals surface area contributed by atoms with Crippen molar-refractivity contribution in [3.05, 3.63) is 0 Å². The van der Waals surface area contributed by atoms with E-state index in [1.165, 1.54) is 12.8 Å². The van der Waals surface area contributed by atoms with E-state index in [0.717, 1.165) is 36.9 Å². The number of nitrogens with one attached hydrogen (secondary N) is 1. The van der Waals surface area contributed by atoms with E-state index in [4.69, 9.17) is 10.5 Å². The zero-order valence-electron chi connectivity index (χ0n) is 10.6. The van der Waals surface area contributed by atoms with E-state index in [1.807, 2.05) is 0 Å². The van der Waals surface area contributed by atoms with E-state index in [-0.39, 0.29) is 0 Å². The van der Waals surface area contributed by atoms with E-state index in [2.05, 4.69) is 27.1 Å². The van der Waals surface area contributed by atoms with Crippen LogP contribution in [0.15, 0.2) is 0 Å². The quantitative estimate of drug-likeness (QED) is 0.780. The van der Waals surface area contributed by atoms with Crippen LogP contribution in [0, 0.1) is 0 Å². The van der Waals surface area contributed by atoms with Crippen molar-refractivity contribution in [2.45, 2.75) is 32.2 Å². The van der Waals surface area contributed by atoms with Gasteiger partial charge in [0.25, 0.3) is 0 Å². The molecule has 0 unspecified atom stereocenters. The highest BCUT2D eigenvalue weighted by molar-refractivity contribution is 5.68. The third kappa shape index (κ3) is 2.02.